The summed E-state index contributed by atoms with van der Waals surface area (Å²) in [5, 5.41) is 0. The van der Waals surface area contributed by atoms with Crippen molar-refractivity contribution in [2.45, 2.75) is 33.6 Å². The van der Waals surface area contributed by atoms with Gasteiger partial charge in [0.05, 0.1) is 5.75 Å². The minimum atomic E-state index is -2.81. The van der Waals surface area contributed by atoms with Crippen LogP contribution in [0.3, 0.4) is 0 Å². The van der Waals surface area contributed by atoms with Crippen molar-refractivity contribution in [2.75, 3.05) is 24.7 Å². The first kappa shape index (κ1) is 13.9. The molecule has 0 unspecified atom stereocenters. The van der Waals surface area contributed by atoms with E-state index < -0.39 is 9.84 Å². The van der Waals surface area contributed by atoms with E-state index >= 15 is 0 Å². The number of rotatable bonds is 8. The molecule has 0 aliphatic carbocycles. The van der Waals surface area contributed by atoms with Crippen molar-refractivity contribution in [1.82, 2.24) is 0 Å². The van der Waals surface area contributed by atoms with Crippen molar-refractivity contribution in [3.63, 3.8) is 0 Å². The topological polar surface area (TPSA) is 43.4 Å². The van der Waals surface area contributed by atoms with Crippen LogP contribution in [0, 0.1) is 5.92 Å². The molecule has 0 aromatic rings. The van der Waals surface area contributed by atoms with Gasteiger partial charge >= 0.3 is 0 Å². The van der Waals surface area contributed by atoms with Gasteiger partial charge in [0.15, 0.2) is 0 Å². The Morgan fingerprint density at radius 3 is 2.36 bits per heavy atom. The first-order valence-electron chi connectivity index (χ1n) is 5.26. The highest BCUT2D eigenvalue weighted by Crippen LogP contribution is 1.98. The summed E-state index contributed by atoms with van der Waals surface area (Å²) >= 11 is 0. The largest absolute Gasteiger partial charge is 0.381 e. The zero-order valence-electron chi connectivity index (χ0n) is 9.45. The average molecular weight is 222 g/mol. The summed E-state index contributed by atoms with van der Waals surface area (Å²) in [7, 11) is -2.81. The van der Waals surface area contributed by atoms with Gasteiger partial charge in [0.2, 0.25) is 0 Å². The number of ether oxygens (including phenoxy) is 1. The Kier molecular flexibility index (Phi) is 7.19. The van der Waals surface area contributed by atoms with E-state index in [9.17, 15) is 8.42 Å². The van der Waals surface area contributed by atoms with Crippen molar-refractivity contribution >= 4 is 9.84 Å². The van der Waals surface area contributed by atoms with Gasteiger partial charge in [0, 0.05) is 19.0 Å². The third kappa shape index (κ3) is 8.51. The minimum Gasteiger partial charge on any atom is -0.381 e. The maximum atomic E-state index is 11.3. The molecule has 4 heteroatoms. The summed E-state index contributed by atoms with van der Waals surface area (Å²) in [4.78, 5) is 0. The molecule has 3 nitrogen and oxygen atoms in total. The summed E-state index contributed by atoms with van der Waals surface area (Å²) in [5.74, 6) is 1.08. The molecule has 0 amide bonds. The lowest BCUT2D eigenvalue weighted by atomic mass is 10.2. The Morgan fingerprint density at radius 1 is 1.21 bits per heavy atom. The fourth-order valence-electron chi connectivity index (χ4n) is 1.11. The van der Waals surface area contributed by atoms with Crippen molar-refractivity contribution in [2.24, 2.45) is 5.92 Å². The van der Waals surface area contributed by atoms with E-state index in [2.05, 4.69) is 13.8 Å². The van der Waals surface area contributed by atoms with Crippen LogP contribution in [0.5, 0.6) is 0 Å². The maximum absolute atomic E-state index is 11.3. The van der Waals surface area contributed by atoms with E-state index in [1.54, 1.807) is 0 Å². The highest BCUT2D eigenvalue weighted by Gasteiger charge is 2.08. The van der Waals surface area contributed by atoms with Crippen LogP contribution in [0.15, 0.2) is 0 Å². The number of sulfone groups is 1. The zero-order chi connectivity index (χ0) is 11.0. The highest BCUT2D eigenvalue weighted by atomic mass is 32.2. The van der Waals surface area contributed by atoms with E-state index in [1.807, 2.05) is 6.92 Å². The van der Waals surface area contributed by atoms with Crippen LogP contribution in [0.25, 0.3) is 0 Å². The minimum absolute atomic E-state index is 0.263. The molecule has 0 fully saturated rings. The summed E-state index contributed by atoms with van der Waals surface area (Å²) < 4.78 is 27.8. The van der Waals surface area contributed by atoms with Gasteiger partial charge in [-0.1, -0.05) is 20.8 Å². The molecule has 14 heavy (non-hydrogen) atoms. The average Bonchev–Trinajstić information content (AvgIpc) is 2.02. The number of hydrogen-bond donors (Lipinski definition) is 0. The fourth-order valence-corrected chi connectivity index (χ4v) is 2.50. The van der Waals surface area contributed by atoms with E-state index in [4.69, 9.17) is 4.74 Å². The molecule has 0 spiro atoms. The Hall–Kier alpha value is -0.0900. The quantitative estimate of drug-likeness (QED) is 0.589. The first-order chi connectivity index (χ1) is 6.48. The van der Waals surface area contributed by atoms with Gasteiger partial charge in [-0.05, 0) is 18.8 Å². The first-order valence-corrected chi connectivity index (χ1v) is 7.08. The molecule has 0 heterocycles. The molecule has 0 saturated heterocycles. The van der Waals surface area contributed by atoms with E-state index in [0.29, 0.717) is 37.7 Å². The summed E-state index contributed by atoms with van der Waals surface area (Å²) in [5.41, 5.74) is 0. The summed E-state index contributed by atoms with van der Waals surface area (Å²) in [6, 6.07) is 0. The Balaban J connectivity index is 3.45. The van der Waals surface area contributed by atoms with Crippen LogP contribution in [-0.4, -0.2) is 33.1 Å². The van der Waals surface area contributed by atoms with Crippen LogP contribution >= 0.6 is 0 Å². The second-order valence-corrected chi connectivity index (χ2v) is 6.28. The summed E-state index contributed by atoms with van der Waals surface area (Å²) in [6.45, 7) is 7.31. The predicted octanol–water partition coefficient (Wildman–Crippen LogP) is 1.87. The molecular weight excluding hydrogens is 200 g/mol. The normalized spacial score (nSPS) is 12.3. The molecule has 0 aliphatic heterocycles. The van der Waals surface area contributed by atoms with Crippen molar-refractivity contribution in [1.29, 1.82) is 0 Å². The molecule has 0 bridgehead atoms. The second kappa shape index (κ2) is 7.23. The molecule has 0 aromatic carbocycles. The SMILES string of the molecule is CCCS(=O)(=O)CCCOCC(C)C. The molecule has 86 valence electrons. The maximum Gasteiger partial charge on any atom is 0.150 e. The van der Waals surface area contributed by atoms with Gasteiger partial charge in [-0.2, -0.15) is 0 Å². The third-order valence-electron chi connectivity index (χ3n) is 1.71. The molecule has 0 rings (SSSR count). The standard InChI is InChI=1S/C10H22O3S/c1-4-7-14(11,12)8-5-6-13-9-10(2)3/h10H,4-9H2,1-3H3. The Bertz CT molecular complexity index is 220. The van der Waals surface area contributed by atoms with Crippen LogP contribution in [0.4, 0.5) is 0 Å². The number of hydrogen-bond acceptors (Lipinski definition) is 3. The third-order valence-corrected chi connectivity index (χ3v) is 3.65. The second-order valence-electron chi connectivity index (χ2n) is 3.97. The van der Waals surface area contributed by atoms with Gasteiger partial charge in [-0.15, -0.1) is 0 Å². The van der Waals surface area contributed by atoms with Gasteiger partial charge < -0.3 is 4.74 Å². The van der Waals surface area contributed by atoms with Crippen LogP contribution in [-0.2, 0) is 14.6 Å². The lowest BCUT2D eigenvalue weighted by molar-refractivity contribution is 0.111. The Labute approximate surface area is 87.8 Å². The zero-order valence-corrected chi connectivity index (χ0v) is 10.3. The van der Waals surface area contributed by atoms with E-state index in [-0.39, 0.29) is 5.75 Å². The lowest BCUT2D eigenvalue weighted by Gasteiger charge is -2.06. The van der Waals surface area contributed by atoms with Crippen LogP contribution < -0.4 is 0 Å². The molecule has 0 aliphatic rings. The van der Waals surface area contributed by atoms with E-state index in [0.717, 1.165) is 0 Å². The van der Waals surface area contributed by atoms with Crippen LogP contribution in [0.1, 0.15) is 33.6 Å². The monoisotopic (exact) mass is 222 g/mol. The van der Waals surface area contributed by atoms with Crippen molar-refractivity contribution in [3.8, 4) is 0 Å². The van der Waals surface area contributed by atoms with E-state index in [1.165, 1.54) is 0 Å². The lowest BCUT2D eigenvalue weighted by Crippen LogP contribution is -2.13. The Morgan fingerprint density at radius 2 is 1.86 bits per heavy atom. The molecule has 0 atom stereocenters. The summed E-state index contributed by atoms with van der Waals surface area (Å²) in [6.07, 6.45) is 1.32. The smallest absolute Gasteiger partial charge is 0.150 e. The van der Waals surface area contributed by atoms with Gasteiger partial charge in [-0.25, -0.2) is 8.42 Å². The predicted molar refractivity (Wildman–Crippen MR) is 59.2 cm³/mol. The fraction of sp³-hybridized carbons (Fsp3) is 1.00. The molecule has 0 aromatic heterocycles. The molecule has 0 radical (unpaired) electrons. The van der Waals surface area contributed by atoms with Crippen LogP contribution in [0.2, 0.25) is 0 Å². The van der Waals surface area contributed by atoms with Gasteiger partial charge in [-0.3, -0.25) is 0 Å². The highest BCUT2D eigenvalue weighted by molar-refractivity contribution is 7.91. The molecule has 0 saturated carbocycles. The molecular formula is C10H22O3S. The van der Waals surface area contributed by atoms with Gasteiger partial charge in [0.1, 0.15) is 9.84 Å². The van der Waals surface area contributed by atoms with Gasteiger partial charge in [0.25, 0.3) is 0 Å². The molecule has 0 N–H and O–H groups in total. The van der Waals surface area contributed by atoms with Crippen molar-refractivity contribution in [3.05, 3.63) is 0 Å². The van der Waals surface area contributed by atoms with Crippen molar-refractivity contribution < 1.29 is 13.2 Å².